The zero-order chi connectivity index (χ0) is 14.5. The molecular weight excluding hydrogens is 242 g/mol. The third kappa shape index (κ3) is 3.39. The first kappa shape index (κ1) is 15.8. The van der Waals surface area contributed by atoms with Crippen molar-refractivity contribution in [1.29, 1.82) is 0 Å². The van der Waals surface area contributed by atoms with Crippen molar-refractivity contribution in [2.75, 3.05) is 0 Å². The van der Waals surface area contributed by atoms with Crippen molar-refractivity contribution in [3.8, 4) is 0 Å². The molecule has 1 saturated carbocycles. The average Bonchev–Trinajstić information content (AvgIpc) is 2.43. The summed E-state index contributed by atoms with van der Waals surface area (Å²) in [5.41, 5.74) is 4.86. The van der Waals surface area contributed by atoms with Crippen LogP contribution in [-0.2, 0) is 4.79 Å². The van der Waals surface area contributed by atoms with Crippen molar-refractivity contribution in [2.24, 2.45) is 22.2 Å². The number of oxime groups is 1. The lowest BCUT2D eigenvalue weighted by molar-refractivity contribution is -0.129. The van der Waals surface area contributed by atoms with Crippen molar-refractivity contribution in [1.82, 2.24) is 5.32 Å². The number of nitrogens with zero attached hydrogens (tertiary/aromatic N) is 1. The van der Waals surface area contributed by atoms with Crippen LogP contribution in [0.2, 0.25) is 0 Å². The van der Waals surface area contributed by atoms with E-state index in [-0.39, 0.29) is 17.8 Å². The van der Waals surface area contributed by atoms with Gasteiger partial charge in [0.25, 0.3) is 0 Å². The number of nitrogens with two attached hydrogens (primary N) is 1. The van der Waals surface area contributed by atoms with Crippen LogP contribution < -0.4 is 11.1 Å². The topological polar surface area (TPSA) is 87.7 Å². The van der Waals surface area contributed by atoms with Crippen LogP contribution in [0.3, 0.4) is 0 Å². The Bertz CT molecular complexity index is 330. The van der Waals surface area contributed by atoms with Gasteiger partial charge >= 0.3 is 0 Å². The lowest BCUT2D eigenvalue weighted by Crippen LogP contribution is -2.52. The Balaban J connectivity index is 2.73. The summed E-state index contributed by atoms with van der Waals surface area (Å²) in [4.78, 5) is 12.5. The largest absolute Gasteiger partial charge is 0.409 e. The Morgan fingerprint density at radius 3 is 2.26 bits per heavy atom. The van der Waals surface area contributed by atoms with Crippen LogP contribution >= 0.6 is 0 Å². The van der Waals surface area contributed by atoms with E-state index >= 15 is 0 Å². The molecule has 110 valence electrons. The fraction of sp³-hybridized carbons (Fsp3) is 0.857. The fourth-order valence-corrected chi connectivity index (χ4v) is 2.87. The summed E-state index contributed by atoms with van der Waals surface area (Å²) in [5.74, 6) is 0.658. The minimum absolute atomic E-state index is 0.0131. The zero-order valence-corrected chi connectivity index (χ0v) is 12.3. The van der Waals surface area contributed by atoms with Gasteiger partial charge in [-0.2, -0.15) is 0 Å². The van der Waals surface area contributed by atoms with Gasteiger partial charge in [0.05, 0.1) is 0 Å². The molecule has 1 aliphatic carbocycles. The van der Waals surface area contributed by atoms with Gasteiger partial charge in [0.15, 0.2) is 5.84 Å². The number of amidine groups is 1. The standard InChI is InChI=1S/C14H27N3O2/c1-4-14(5-2,12(15)17-19)13(18)16-11-8-6-10(3)7-9-11/h10-11,19H,4-9H2,1-3H3,(H2,15,17)(H,16,18). The van der Waals surface area contributed by atoms with E-state index in [1.807, 2.05) is 13.8 Å². The van der Waals surface area contributed by atoms with E-state index in [9.17, 15) is 4.79 Å². The Kier molecular flexibility index (Phi) is 5.63. The maximum atomic E-state index is 12.5. The van der Waals surface area contributed by atoms with Crippen LogP contribution in [-0.4, -0.2) is 23.0 Å². The molecule has 1 rings (SSSR count). The van der Waals surface area contributed by atoms with Crippen LogP contribution in [0, 0.1) is 11.3 Å². The fourth-order valence-electron chi connectivity index (χ4n) is 2.87. The first-order valence-corrected chi connectivity index (χ1v) is 7.29. The van der Waals surface area contributed by atoms with E-state index in [4.69, 9.17) is 10.9 Å². The molecule has 0 heterocycles. The summed E-state index contributed by atoms with van der Waals surface area (Å²) in [5, 5.41) is 15.1. The van der Waals surface area contributed by atoms with Gasteiger partial charge in [-0.3, -0.25) is 4.79 Å². The van der Waals surface area contributed by atoms with Crippen LogP contribution in [0.4, 0.5) is 0 Å². The molecular formula is C14H27N3O2. The van der Waals surface area contributed by atoms with E-state index in [2.05, 4.69) is 17.4 Å². The molecule has 19 heavy (non-hydrogen) atoms. The van der Waals surface area contributed by atoms with Gasteiger partial charge in [0.2, 0.25) is 5.91 Å². The van der Waals surface area contributed by atoms with E-state index in [1.165, 1.54) is 0 Å². The third-order valence-electron chi connectivity index (χ3n) is 4.59. The molecule has 0 aromatic carbocycles. The second-order valence-corrected chi connectivity index (χ2v) is 5.70. The minimum Gasteiger partial charge on any atom is -0.409 e. The van der Waals surface area contributed by atoms with E-state index in [0.29, 0.717) is 12.8 Å². The second-order valence-electron chi connectivity index (χ2n) is 5.70. The molecule has 0 aromatic rings. The van der Waals surface area contributed by atoms with Crippen LogP contribution in [0.15, 0.2) is 5.16 Å². The molecule has 0 radical (unpaired) electrons. The maximum Gasteiger partial charge on any atom is 0.234 e. The number of hydrogen-bond acceptors (Lipinski definition) is 3. The SMILES string of the molecule is CCC(CC)(C(=O)NC1CCC(C)CC1)C(N)=NO. The Hall–Kier alpha value is -1.26. The number of nitrogens with one attached hydrogen (secondary N) is 1. The van der Waals surface area contributed by atoms with E-state index in [0.717, 1.165) is 31.6 Å². The molecule has 0 aliphatic heterocycles. The second kappa shape index (κ2) is 6.78. The van der Waals surface area contributed by atoms with Gasteiger partial charge in [0.1, 0.15) is 5.41 Å². The number of rotatable bonds is 5. The highest BCUT2D eigenvalue weighted by Gasteiger charge is 2.40. The quantitative estimate of drug-likeness (QED) is 0.309. The number of amides is 1. The van der Waals surface area contributed by atoms with Crippen molar-refractivity contribution < 1.29 is 10.0 Å². The summed E-state index contributed by atoms with van der Waals surface area (Å²) in [6.07, 6.45) is 5.42. The Labute approximate surface area is 115 Å². The number of carbonyl (C=O) groups is 1. The first-order chi connectivity index (χ1) is 9.00. The normalized spacial score (nSPS) is 25.1. The van der Waals surface area contributed by atoms with Crippen LogP contribution in [0.25, 0.3) is 0 Å². The average molecular weight is 269 g/mol. The summed E-state index contributed by atoms with van der Waals surface area (Å²) < 4.78 is 0. The van der Waals surface area contributed by atoms with Gasteiger partial charge in [-0.15, -0.1) is 0 Å². The monoisotopic (exact) mass is 269 g/mol. The summed E-state index contributed by atoms with van der Waals surface area (Å²) >= 11 is 0. The lowest BCUT2D eigenvalue weighted by Gasteiger charge is -2.33. The first-order valence-electron chi connectivity index (χ1n) is 7.29. The lowest BCUT2D eigenvalue weighted by atomic mass is 9.79. The van der Waals surface area contributed by atoms with Crippen molar-refractivity contribution in [3.05, 3.63) is 0 Å². The van der Waals surface area contributed by atoms with Crippen molar-refractivity contribution in [2.45, 2.75) is 65.3 Å². The van der Waals surface area contributed by atoms with Crippen LogP contribution in [0.5, 0.6) is 0 Å². The van der Waals surface area contributed by atoms with Gasteiger partial charge in [0, 0.05) is 6.04 Å². The highest BCUT2D eigenvalue weighted by atomic mass is 16.4. The Morgan fingerprint density at radius 1 is 1.32 bits per heavy atom. The molecule has 0 aromatic heterocycles. The summed E-state index contributed by atoms with van der Waals surface area (Å²) in [7, 11) is 0. The minimum atomic E-state index is -0.877. The highest BCUT2D eigenvalue weighted by Crippen LogP contribution is 2.29. The maximum absolute atomic E-state index is 12.5. The Morgan fingerprint density at radius 2 is 1.84 bits per heavy atom. The van der Waals surface area contributed by atoms with E-state index < -0.39 is 5.41 Å². The molecule has 0 bridgehead atoms. The van der Waals surface area contributed by atoms with Gasteiger partial charge in [-0.05, 0) is 44.4 Å². The van der Waals surface area contributed by atoms with Gasteiger partial charge in [-0.1, -0.05) is 25.9 Å². The number of hydrogen-bond donors (Lipinski definition) is 3. The van der Waals surface area contributed by atoms with Crippen LogP contribution in [0.1, 0.15) is 59.3 Å². The molecule has 1 fully saturated rings. The molecule has 1 amide bonds. The molecule has 1 aliphatic rings. The molecule has 0 atom stereocenters. The highest BCUT2D eigenvalue weighted by molar-refractivity contribution is 6.06. The smallest absolute Gasteiger partial charge is 0.234 e. The van der Waals surface area contributed by atoms with E-state index in [1.54, 1.807) is 0 Å². The number of carbonyl (C=O) groups excluding carboxylic acids is 1. The summed E-state index contributed by atoms with van der Waals surface area (Å²) in [6.45, 7) is 6.03. The van der Waals surface area contributed by atoms with Gasteiger partial charge < -0.3 is 16.3 Å². The predicted molar refractivity (Wildman–Crippen MR) is 76.0 cm³/mol. The van der Waals surface area contributed by atoms with Crippen molar-refractivity contribution in [3.63, 3.8) is 0 Å². The molecule has 4 N–H and O–H groups in total. The molecule has 0 unspecified atom stereocenters. The molecule has 0 saturated heterocycles. The molecule has 5 heteroatoms. The molecule has 0 spiro atoms. The van der Waals surface area contributed by atoms with Gasteiger partial charge in [-0.25, -0.2) is 0 Å². The summed E-state index contributed by atoms with van der Waals surface area (Å²) in [6, 6.07) is 0.229. The van der Waals surface area contributed by atoms with Crippen molar-refractivity contribution >= 4 is 11.7 Å². The third-order valence-corrected chi connectivity index (χ3v) is 4.59. The molecule has 5 nitrogen and oxygen atoms in total. The predicted octanol–water partition coefficient (Wildman–Crippen LogP) is 2.23. The zero-order valence-electron chi connectivity index (χ0n) is 12.3.